The van der Waals surface area contributed by atoms with E-state index >= 15 is 0 Å². The van der Waals surface area contributed by atoms with Gasteiger partial charge in [-0.1, -0.05) is 33.1 Å². The molecule has 0 aliphatic carbocycles. The van der Waals surface area contributed by atoms with Crippen LogP contribution in [-0.2, 0) is 4.52 Å². The first-order valence-corrected chi connectivity index (χ1v) is 5.21. The van der Waals surface area contributed by atoms with Crippen molar-refractivity contribution in [2.45, 2.75) is 39.5 Å². The monoisotopic (exact) mass is 178 g/mol. The van der Waals surface area contributed by atoms with Crippen molar-refractivity contribution in [2.24, 2.45) is 5.92 Å². The summed E-state index contributed by atoms with van der Waals surface area (Å²) in [6, 6.07) is 0. The molecule has 68 valence electrons. The quantitative estimate of drug-likeness (QED) is 0.607. The molecule has 0 aromatic heterocycles. The average molecular weight is 178 g/mol. The van der Waals surface area contributed by atoms with Crippen molar-refractivity contribution >= 4 is 9.03 Å². The molecule has 0 aromatic rings. The first kappa shape index (κ1) is 11.4. The van der Waals surface area contributed by atoms with Gasteiger partial charge in [-0.2, -0.15) is 0 Å². The molecule has 0 aliphatic heterocycles. The maximum absolute atomic E-state index is 8.44. The SMILES string of the molecule is CCCCC(CC)COPO. The molecular formula is C8H19O2P. The van der Waals surface area contributed by atoms with Gasteiger partial charge in [-0.3, -0.25) is 0 Å². The molecule has 3 heteroatoms. The Morgan fingerprint density at radius 2 is 2.18 bits per heavy atom. The fourth-order valence-electron chi connectivity index (χ4n) is 1.05. The summed E-state index contributed by atoms with van der Waals surface area (Å²) in [6.07, 6.45) is 4.91. The van der Waals surface area contributed by atoms with Gasteiger partial charge in [0.15, 0.2) is 9.03 Å². The summed E-state index contributed by atoms with van der Waals surface area (Å²) in [6.45, 7) is 5.09. The first-order chi connectivity index (χ1) is 5.35. The largest absolute Gasteiger partial charge is 0.352 e. The molecule has 0 rings (SSSR count). The van der Waals surface area contributed by atoms with Crippen molar-refractivity contribution in [2.75, 3.05) is 6.61 Å². The number of rotatable bonds is 7. The molecule has 2 nitrogen and oxygen atoms in total. The Bertz CT molecular complexity index is 70.5. The zero-order valence-corrected chi connectivity index (χ0v) is 8.47. The third-order valence-electron chi connectivity index (χ3n) is 1.93. The highest BCUT2D eigenvalue weighted by atomic mass is 31.1. The smallest absolute Gasteiger partial charge is 0.152 e. The zero-order chi connectivity index (χ0) is 8.53. The van der Waals surface area contributed by atoms with E-state index in [0.717, 1.165) is 13.0 Å². The number of hydrogen-bond acceptors (Lipinski definition) is 2. The van der Waals surface area contributed by atoms with E-state index in [1.54, 1.807) is 0 Å². The molecule has 2 unspecified atom stereocenters. The Labute approximate surface area is 71.3 Å². The van der Waals surface area contributed by atoms with Gasteiger partial charge in [0.05, 0.1) is 6.61 Å². The number of unbranched alkanes of at least 4 members (excludes halogenated alkanes) is 1. The fraction of sp³-hybridized carbons (Fsp3) is 1.00. The van der Waals surface area contributed by atoms with E-state index in [2.05, 4.69) is 13.8 Å². The van der Waals surface area contributed by atoms with Crippen LogP contribution in [0.15, 0.2) is 0 Å². The summed E-state index contributed by atoms with van der Waals surface area (Å²) >= 11 is 0. The van der Waals surface area contributed by atoms with E-state index in [-0.39, 0.29) is 9.03 Å². The molecular weight excluding hydrogens is 159 g/mol. The second-order valence-corrected chi connectivity index (χ2v) is 3.29. The van der Waals surface area contributed by atoms with Gasteiger partial charge in [0.25, 0.3) is 0 Å². The molecule has 11 heavy (non-hydrogen) atoms. The van der Waals surface area contributed by atoms with Gasteiger partial charge < -0.3 is 9.42 Å². The minimum Gasteiger partial charge on any atom is -0.352 e. The summed E-state index contributed by atoms with van der Waals surface area (Å²) in [4.78, 5) is 8.44. The molecule has 0 saturated carbocycles. The Balaban J connectivity index is 3.25. The molecule has 0 saturated heterocycles. The maximum atomic E-state index is 8.44. The van der Waals surface area contributed by atoms with Crippen molar-refractivity contribution in [1.82, 2.24) is 0 Å². The Morgan fingerprint density at radius 1 is 1.45 bits per heavy atom. The average Bonchev–Trinajstić information content (AvgIpc) is 2.05. The van der Waals surface area contributed by atoms with Crippen LogP contribution in [0.1, 0.15) is 39.5 Å². The van der Waals surface area contributed by atoms with Gasteiger partial charge in [-0.05, 0) is 12.3 Å². The van der Waals surface area contributed by atoms with E-state index in [4.69, 9.17) is 9.42 Å². The molecule has 2 atom stereocenters. The van der Waals surface area contributed by atoms with Crippen LogP contribution in [0.4, 0.5) is 0 Å². The van der Waals surface area contributed by atoms with Crippen molar-refractivity contribution in [1.29, 1.82) is 0 Å². The summed E-state index contributed by atoms with van der Waals surface area (Å²) in [5, 5.41) is 0. The van der Waals surface area contributed by atoms with E-state index in [1.807, 2.05) is 0 Å². The van der Waals surface area contributed by atoms with Gasteiger partial charge in [0.1, 0.15) is 0 Å². The van der Waals surface area contributed by atoms with Gasteiger partial charge >= 0.3 is 0 Å². The zero-order valence-electron chi connectivity index (χ0n) is 7.47. The van der Waals surface area contributed by atoms with Gasteiger partial charge in [-0.25, -0.2) is 0 Å². The molecule has 0 amide bonds. The lowest BCUT2D eigenvalue weighted by molar-refractivity contribution is 0.242. The third kappa shape index (κ3) is 6.74. The summed E-state index contributed by atoms with van der Waals surface area (Å²) in [7, 11) is -0.341. The van der Waals surface area contributed by atoms with Crippen LogP contribution in [0.5, 0.6) is 0 Å². The molecule has 1 N–H and O–H groups in total. The standard InChI is InChI=1S/C8H19O2P/c1-3-5-6-8(4-2)7-10-11-9/h8-9,11H,3-7H2,1-2H3. The molecule has 0 aliphatic rings. The minimum atomic E-state index is -0.341. The second kappa shape index (κ2) is 8.45. The predicted molar refractivity (Wildman–Crippen MR) is 49.8 cm³/mol. The van der Waals surface area contributed by atoms with Crippen molar-refractivity contribution in [3.63, 3.8) is 0 Å². The van der Waals surface area contributed by atoms with Crippen molar-refractivity contribution in [3.8, 4) is 0 Å². The highest BCUT2D eigenvalue weighted by molar-refractivity contribution is 7.24. The highest BCUT2D eigenvalue weighted by Crippen LogP contribution is 2.16. The van der Waals surface area contributed by atoms with Gasteiger partial charge in [-0.15, -0.1) is 0 Å². The normalized spacial score (nSPS) is 14.5. The summed E-state index contributed by atoms with van der Waals surface area (Å²) < 4.78 is 4.97. The van der Waals surface area contributed by atoms with Gasteiger partial charge in [0.2, 0.25) is 0 Å². The van der Waals surface area contributed by atoms with E-state index in [0.29, 0.717) is 5.92 Å². The highest BCUT2D eigenvalue weighted by Gasteiger charge is 2.04. The van der Waals surface area contributed by atoms with E-state index in [9.17, 15) is 0 Å². The lowest BCUT2D eigenvalue weighted by Gasteiger charge is -2.12. The van der Waals surface area contributed by atoms with Crippen LogP contribution in [0.3, 0.4) is 0 Å². The number of hydrogen-bond donors (Lipinski definition) is 1. The van der Waals surface area contributed by atoms with Crippen molar-refractivity contribution in [3.05, 3.63) is 0 Å². The summed E-state index contributed by atoms with van der Waals surface area (Å²) in [5.41, 5.74) is 0. The molecule has 0 spiro atoms. The Morgan fingerprint density at radius 3 is 2.64 bits per heavy atom. The van der Waals surface area contributed by atoms with E-state index < -0.39 is 0 Å². The van der Waals surface area contributed by atoms with Crippen LogP contribution in [0.25, 0.3) is 0 Å². The van der Waals surface area contributed by atoms with Crippen LogP contribution >= 0.6 is 9.03 Å². The van der Waals surface area contributed by atoms with E-state index in [1.165, 1.54) is 19.3 Å². The third-order valence-corrected chi connectivity index (χ3v) is 2.22. The Kier molecular flexibility index (Phi) is 8.72. The molecule has 0 fully saturated rings. The van der Waals surface area contributed by atoms with Crippen molar-refractivity contribution < 1.29 is 9.42 Å². The first-order valence-electron chi connectivity index (χ1n) is 4.36. The lowest BCUT2D eigenvalue weighted by atomic mass is 10.0. The molecule has 0 heterocycles. The predicted octanol–water partition coefficient (Wildman–Crippen LogP) is 2.72. The van der Waals surface area contributed by atoms with Crippen LogP contribution in [0.2, 0.25) is 0 Å². The van der Waals surface area contributed by atoms with Crippen LogP contribution in [0, 0.1) is 5.92 Å². The molecule has 0 aromatic carbocycles. The van der Waals surface area contributed by atoms with Gasteiger partial charge in [0, 0.05) is 0 Å². The Hall–Kier alpha value is 0.350. The topological polar surface area (TPSA) is 29.5 Å². The second-order valence-electron chi connectivity index (χ2n) is 2.82. The molecule has 0 bridgehead atoms. The van der Waals surface area contributed by atoms with Crippen LogP contribution in [-0.4, -0.2) is 11.5 Å². The fourth-order valence-corrected chi connectivity index (χ4v) is 1.36. The summed E-state index contributed by atoms with van der Waals surface area (Å²) in [5.74, 6) is 0.648. The maximum Gasteiger partial charge on any atom is 0.152 e. The molecule has 0 radical (unpaired) electrons. The lowest BCUT2D eigenvalue weighted by Crippen LogP contribution is -2.05. The van der Waals surface area contributed by atoms with Crippen LogP contribution < -0.4 is 0 Å². The minimum absolute atomic E-state index is 0.341.